The van der Waals surface area contributed by atoms with Gasteiger partial charge in [-0.2, -0.15) is 0 Å². The van der Waals surface area contributed by atoms with E-state index in [1.54, 1.807) is 12.1 Å². The van der Waals surface area contributed by atoms with E-state index in [9.17, 15) is 9.90 Å². The van der Waals surface area contributed by atoms with E-state index >= 15 is 0 Å². The van der Waals surface area contributed by atoms with Gasteiger partial charge in [0.1, 0.15) is 5.75 Å². The molecule has 0 saturated carbocycles. The highest BCUT2D eigenvalue weighted by Crippen LogP contribution is 2.23. The number of hydrogen-bond acceptors (Lipinski definition) is 3. The first kappa shape index (κ1) is 17.5. The van der Waals surface area contributed by atoms with E-state index in [4.69, 9.17) is 0 Å². The minimum Gasteiger partial charge on any atom is -0.508 e. The SMILES string of the molecule is Cc1cccc(CN2CCN(Cc3c(C)cc(O)cc3C)CC2=O)c1. The summed E-state index contributed by atoms with van der Waals surface area (Å²) in [6, 6.07) is 11.9. The Bertz CT molecular complexity index is 762. The zero-order valence-corrected chi connectivity index (χ0v) is 15.2. The van der Waals surface area contributed by atoms with Gasteiger partial charge < -0.3 is 10.0 Å². The minimum absolute atomic E-state index is 0.182. The molecule has 1 heterocycles. The maximum Gasteiger partial charge on any atom is 0.237 e. The van der Waals surface area contributed by atoms with Crippen LogP contribution in [0.25, 0.3) is 0 Å². The normalized spacial score (nSPS) is 15.6. The lowest BCUT2D eigenvalue weighted by atomic mass is 10.0. The predicted molar refractivity (Wildman–Crippen MR) is 99.5 cm³/mol. The molecule has 1 amide bonds. The van der Waals surface area contributed by atoms with Gasteiger partial charge in [-0.3, -0.25) is 9.69 Å². The number of carbonyl (C=O) groups is 1. The maximum absolute atomic E-state index is 12.6. The van der Waals surface area contributed by atoms with Crippen molar-refractivity contribution in [2.75, 3.05) is 19.6 Å². The molecule has 1 fully saturated rings. The quantitative estimate of drug-likeness (QED) is 0.931. The standard InChI is InChI=1S/C21H26N2O2/c1-15-5-4-6-18(9-15)12-23-8-7-22(14-21(23)25)13-20-16(2)10-19(24)11-17(20)3/h4-6,9-11,24H,7-8,12-14H2,1-3H3. The number of phenolic OH excluding ortho intramolecular Hbond substituents is 1. The summed E-state index contributed by atoms with van der Waals surface area (Å²) >= 11 is 0. The van der Waals surface area contributed by atoms with Gasteiger partial charge in [0.05, 0.1) is 6.54 Å². The third-order valence-corrected chi connectivity index (χ3v) is 4.92. The Morgan fingerprint density at radius 1 is 1.00 bits per heavy atom. The fraction of sp³-hybridized carbons (Fsp3) is 0.381. The van der Waals surface area contributed by atoms with E-state index in [0.29, 0.717) is 18.8 Å². The third-order valence-electron chi connectivity index (χ3n) is 4.92. The smallest absolute Gasteiger partial charge is 0.237 e. The first-order valence-corrected chi connectivity index (χ1v) is 8.77. The van der Waals surface area contributed by atoms with E-state index in [1.165, 1.54) is 16.7 Å². The molecule has 1 aliphatic heterocycles. The molecular formula is C21H26N2O2. The average Bonchev–Trinajstić information content (AvgIpc) is 2.53. The zero-order valence-electron chi connectivity index (χ0n) is 15.2. The summed E-state index contributed by atoms with van der Waals surface area (Å²) in [4.78, 5) is 16.7. The second-order valence-electron chi connectivity index (χ2n) is 7.07. The Morgan fingerprint density at radius 3 is 2.36 bits per heavy atom. The molecule has 4 nitrogen and oxygen atoms in total. The van der Waals surface area contributed by atoms with Crippen molar-refractivity contribution in [3.63, 3.8) is 0 Å². The van der Waals surface area contributed by atoms with Crippen molar-refractivity contribution in [1.82, 2.24) is 9.80 Å². The number of aryl methyl sites for hydroxylation is 3. The summed E-state index contributed by atoms with van der Waals surface area (Å²) in [7, 11) is 0. The number of amides is 1. The van der Waals surface area contributed by atoms with E-state index < -0.39 is 0 Å². The molecule has 1 N–H and O–H groups in total. The molecule has 0 bridgehead atoms. The van der Waals surface area contributed by atoms with Crippen molar-refractivity contribution in [3.8, 4) is 5.75 Å². The lowest BCUT2D eigenvalue weighted by Crippen LogP contribution is -2.49. The topological polar surface area (TPSA) is 43.8 Å². The number of nitrogens with zero attached hydrogens (tertiary/aromatic N) is 2. The highest BCUT2D eigenvalue weighted by Gasteiger charge is 2.24. The number of phenols is 1. The van der Waals surface area contributed by atoms with E-state index in [1.807, 2.05) is 24.8 Å². The second-order valence-corrected chi connectivity index (χ2v) is 7.07. The van der Waals surface area contributed by atoms with Crippen LogP contribution in [0.1, 0.15) is 27.8 Å². The third kappa shape index (κ3) is 4.20. The Morgan fingerprint density at radius 2 is 1.72 bits per heavy atom. The summed E-state index contributed by atoms with van der Waals surface area (Å²) in [6.07, 6.45) is 0. The van der Waals surface area contributed by atoms with E-state index in [-0.39, 0.29) is 5.91 Å². The van der Waals surface area contributed by atoms with Crippen LogP contribution in [0.15, 0.2) is 36.4 Å². The zero-order chi connectivity index (χ0) is 18.0. The number of aromatic hydroxyl groups is 1. The van der Waals surface area contributed by atoms with Crippen LogP contribution < -0.4 is 0 Å². The van der Waals surface area contributed by atoms with Crippen LogP contribution in [0.3, 0.4) is 0 Å². The van der Waals surface area contributed by atoms with Gasteiger partial charge in [0.2, 0.25) is 5.91 Å². The number of benzene rings is 2. The minimum atomic E-state index is 0.182. The Hall–Kier alpha value is -2.33. The van der Waals surface area contributed by atoms with Crippen LogP contribution in [0.5, 0.6) is 5.75 Å². The highest BCUT2D eigenvalue weighted by molar-refractivity contribution is 5.79. The summed E-state index contributed by atoms with van der Waals surface area (Å²) in [5.74, 6) is 0.486. The molecule has 132 valence electrons. The van der Waals surface area contributed by atoms with E-state index in [2.05, 4.69) is 30.0 Å². The number of piperazine rings is 1. The largest absolute Gasteiger partial charge is 0.508 e. The van der Waals surface area contributed by atoms with Gasteiger partial charge in [-0.15, -0.1) is 0 Å². The van der Waals surface area contributed by atoms with Gasteiger partial charge in [-0.05, 0) is 55.2 Å². The van der Waals surface area contributed by atoms with Gasteiger partial charge >= 0.3 is 0 Å². The number of carbonyl (C=O) groups excluding carboxylic acids is 1. The first-order chi connectivity index (χ1) is 11.9. The fourth-order valence-corrected chi connectivity index (χ4v) is 3.53. The van der Waals surface area contributed by atoms with Crippen LogP contribution in [0, 0.1) is 20.8 Å². The molecule has 3 rings (SSSR count). The predicted octanol–water partition coefficient (Wildman–Crippen LogP) is 3.16. The van der Waals surface area contributed by atoms with Crippen molar-refractivity contribution in [2.45, 2.75) is 33.9 Å². The van der Waals surface area contributed by atoms with Gasteiger partial charge in [0.15, 0.2) is 0 Å². The van der Waals surface area contributed by atoms with Gasteiger partial charge in [0.25, 0.3) is 0 Å². The lowest BCUT2D eigenvalue weighted by molar-refractivity contribution is -0.136. The molecule has 0 radical (unpaired) electrons. The van der Waals surface area contributed by atoms with Crippen LogP contribution in [0.4, 0.5) is 0 Å². The molecule has 25 heavy (non-hydrogen) atoms. The fourth-order valence-electron chi connectivity index (χ4n) is 3.53. The maximum atomic E-state index is 12.6. The average molecular weight is 338 g/mol. The van der Waals surface area contributed by atoms with Crippen LogP contribution in [-0.2, 0) is 17.9 Å². The second kappa shape index (κ2) is 7.28. The van der Waals surface area contributed by atoms with Crippen molar-refractivity contribution in [3.05, 3.63) is 64.2 Å². The molecule has 1 saturated heterocycles. The van der Waals surface area contributed by atoms with Crippen LogP contribution in [-0.4, -0.2) is 40.4 Å². The molecule has 0 aliphatic carbocycles. The Labute approximate surface area is 149 Å². The molecule has 0 aromatic heterocycles. The number of rotatable bonds is 4. The summed E-state index contributed by atoms with van der Waals surface area (Å²) < 4.78 is 0. The van der Waals surface area contributed by atoms with E-state index in [0.717, 1.165) is 30.8 Å². The molecule has 0 atom stereocenters. The Kier molecular flexibility index (Phi) is 5.09. The molecule has 2 aromatic rings. The van der Waals surface area contributed by atoms with Crippen molar-refractivity contribution < 1.29 is 9.90 Å². The molecule has 0 unspecified atom stereocenters. The van der Waals surface area contributed by atoms with Crippen molar-refractivity contribution in [1.29, 1.82) is 0 Å². The Balaban J connectivity index is 1.63. The first-order valence-electron chi connectivity index (χ1n) is 8.77. The molecule has 4 heteroatoms. The van der Waals surface area contributed by atoms with Gasteiger partial charge in [0, 0.05) is 26.2 Å². The monoisotopic (exact) mass is 338 g/mol. The summed E-state index contributed by atoms with van der Waals surface area (Å²) in [6.45, 7) is 9.61. The van der Waals surface area contributed by atoms with Crippen LogP contribution >= 0.6 is 0 Å². The summed E-state index contributed by atoms with van der Waals surface area (Å²) in [5.41, 5.74) is 5.77. The molecule has 0 spiro atoms. The van der Waals surface area contributed by atoms with Gasteiger partial charge in [-0.25, -0.2) is 0 Å². The molecule has 2 aromatic carbocycles. The van der Waals surface area contributed by atoms with Crippen LogP contribution in [0.2, 0.25) is 0 Å². The number of hydrogen-bond donors (Lipinski definition) is 1. The van der Waals surface area contributed by atoms with Crippen molar-refractivity contribution >= 4 is 5.91 Å². The van der Waals surface area contributed by atoms with Gasteiger partial charge in [-0.1, -0.05) is 29.8 Å². The molecule has 1 aliphatic rings. The highest BCUT2D eigenvalue weighted by atomic mass is 16.3. The summed E-state index contributed by atoms with van der Waals surface area (Å²) in [5, 5.41) is 9.69. The lowest BCUT2D eigenvalue weighted by Gasteiger charge is -2.35. The van der Waals surface area contributed by atoms with Crippen molar-refractivity contribution in [2.24, 2.45) is 0 Å². The molecular weight excluding hydrogens is 312 g/mol.